The van der Waals surface area contributed by atoms with Gasteiger partial charge in [-0.3, -0.25) is 9.59 Å². The van der Waals surface area contributed by atoms with Crippen LogP contribution >= 0.6 is 11.6 Å². The first-order valence-electron chi connectivity index (χ1n) is 5.20. The van der Waals surface area contributed by atoms with Crippen LogP contribution in [0.25, 0.3) is 0 Å². The summed E-state index contributed by atoms with van der Waals surface area (Å²) in [7, 11) is 0. The van der Waals surface area contributed by atoms with Crippen molar-refractivity contribution in [1.29, 1.82) is 0 Å². The highest BCUT2D eigenvalue weighted by molar-refractivity contribution is 6.30. The molecule has 5 heteroatoms. The highest BCUT2D eigenvalue weighted by Gasteiger charge is 2.15. The van der Waals surface area contributed by atoms with Gasteiger partial charge in [-0.05, 0) is 24.3 Å². The molecule has 1 amide bonds. The summed E-state index contributed by atoms with van der Waals surface area (Å²) in [5.74, 6) is -0.472. The van der Waals surface area contributed by atoms with E-state index in [1.54, 1.807) is 24.3 Å². The molecule has 17 heavy (non-hydrogen) atoms. The molecule has 1 aromatic carbocycles. The Balaban J connectivity index is 2.17. The fourth-order valence-corrected chi connectivity index (χ4v) is 1.62. The highest BCUT2D eigenvalue weighted by atomic mass is 35.5. The molecule has 1 heterocycles. The number of carbonyl (C=O) groups is 2. The highest BCUT2D eigenvalue weighted by Crippen LogP contribution is 2.11. The molecule has 0 radical (unpaired) electrons. The van der Waals surface area contributed by atoms with Crippen LogP contribution in [0.4, 0.5) is 0 Å². The van der Waals surface area contributed by atoms with Gasteiger partial charge >= 0.3 is 0 Å². The van der Waals surface area contributed by atoms with Crippen LogP contribution in [0.1, 0.15) is 10.4 Å². The molecule has 88 valence electrons. The summed E-state index contributed by atoms with van der Waals surface area (Å²) in [5.41, 5.74) is 0.804. The number of benzene rings is 1. The zero-order valence-corrected chi connectivity index (χ0v) is 9.75. The quantitative estimate of drug-likeness (QED) is 0.611. The van der Waals surface area contributed by atoms with Crippen molar-refractivity contribution in [3.8, 4) is 0 Å². The van der Waals surface area contributed by atoms with Gasteiger partial charge in [-0.15, -0.1) is 0 Å². The number of allylic oxidation sites excluding steroid dienone is 1. The Kier molecular flexibility index (Phi) is 3.44. The molecule has 2 N–H and O–H groups in total. The number of amides is 1. The Hall–Kier alpha value is -1.81. The van der Waals surface area contributed by atoms with Crippen LogP contribution in [0.15, 0.2) is 36.0 Å². The van der Waals surface area contributed by atoms with Crippen LogP contribution < -0.4 is 10.6 Å². The smallest absolute Gasteiger partial charge is 0.267 e. The monoisotopic (exact) mass is 250 g/mol. The van der Waals surface area contributed by atoms with Gasteiger partial charge in [0.25, 0.3) is 5.91 Å². The van der Waals surface area contributed by atoms with Crippen LogP contribution in [0.5, 0.6) is 0 Å². The van der Waals surface area contributed by atoms with Crippen LogP contribution in [-0.2, 0) is 4.79 Å². The van der Waals surface area contributed by atoms with E-state index < -0.39 is 0 Å². The van der Waals surface area contributed by atoms with Gasteiger partial charge in [0.2, 0.25) is 0 Å². The summed E-state index contributed by atoms with van der Waals surface area (Å²) in [5, 5.41) is 6.11. The van der Waals surface area contributed by atoms with Gasteiger partial charge in [-0.1, -0.05) is 11.6 Å². The minimum Gasteiger partial charge on any atom is -0.379 e. The Morgan fingerprint density at radius 1 is 1.18 bits per heavy atom. The van der Waals surface area contributed by atoms with E-state index in [-0.39, 0.29) is 11.7 Å². The molecule has 0 bridgehead atoms. The Morgan fingerprint density at radius 2 is 1.82 bits per heavy atom. The second-order valence-electron chi connectivity index (χ2n) is 3.61. The predicted octanol–water partition coefficient (Wildman–Crippen LogP) is 1.13. The third kappa shape index (κ3) is 2.85. The van der Waals surface area contributed by atoms with Gasteiger partial charge in [-0.2, -0.15) is 0 Å². The summed E-state index contributed by atoms with van der Waals surface area (Å²) < 4.78 is 0. The van der Waals surface area contributed by atoms with Crippen molar-refractivity contribution in [3.63, 3.8) is 0 Å². The third-order valence-electron chi connectivity index (χ3n) is 2.37. The minimum absolute atomic E-state index is 0.221. The number of rotatable bonds is 2. The van der Waals surface area contributed by atoms with Gasteiger partial charge < -0.3 is 10.6 Å². The maximum Gasteiger partial charge on any atom is 0.267 e. The largest absolute Gasteiger partial charge is 0.379 e. The normalized spacial score (nSPS) is 17.5. The lowest BCUT2D eigenvalue weighted by Crippen LogP contribution is -2.43. The van der Waals surface area contributed by atoms with Gasteiger partial charge in [0.15, 0.2) is 5.78 Å². The lowest BCUT2D eigenvalue weighted by Gasteiger charge is -2.16. The second-order valence-corrected chi connectivity index (χ2v) is 4.05. The van der Waals surface area contributed by atoms with Crippen LogP contribution in [0.2, 0.25) is 5.02 Å². The van der Waals surface area contributed by atoms with E-state index in [0.717, 1.165) is 0 Å². The van der Waals surface area contributed by atoms with E-state index >= 15 is 0 Å². The first-order chi connectivity index (χ1) is 8.16. The van der Waals surface area contributed by atoms with Crippen molar-refractivity contribution in [3.05, 3.63) is 46.6 Å². The van der Waals surface area contributed by atoms with Crippen LogP contribution in [0.3, 0.4) is 0 Å². The molecule has 1 aliphatic rings. The van der Waals surface area contributed by atoms with E-state index in [4.69, 9.17) is 11.6 Å². The lowest BCUT2D eigenvalue weighted by atomic mass is 10.1. The lowest BCUT2D eigenvalue weighted by molar-refractivity contribution is -0.118. The van der Waals surface area contributed by atoms with E-state index in [9.17, 15) is 9.59 Å². The Morgan fingerprint density at radius 3 is 2.47 bits per heavy atom. The van der Waals surface area contributed by atoms with Crippen LogP contribution in [-0.4, -0.2) is 24.8 Å². The first-order valence-corrected chi connectivity index (χ1v) is 5.58. The molecule has 0 aromatic heterocycles. The van der Waals surface area contributed by atoms with Crippen molar-refractivity contribution in [2.45, 2.75) is 0 Å². The van der Waals surface area contributed by atoms with Crippen LogP contribution in [0, 0.1) is 0 Å². The molecule has 1 fully saturated rings. The van der Waals surface area contributed by atoms with Gasteiger partial charge in [0.05, 0.1) is 0 Å². The summed E-state index contributed by atoms with van der Waals surface area (Å²) in [6.07, 6.45) is 1.30. The number of hydrogen-bond donors (Lipinski definition) is 2. The number of piperazine rings is 1. The molecule has 0 saturated carbocycles. The Bertz CT molecular complexity index is 480. The molecule has 0 aliphatic carbocycles. The van der Waals surface area contributed by atoms with E-state index in [0.29, 0.717) is 29.4 Å². The van der Waals surface area contributed by atoms with Gasteiger partial charge in [-0.25, -0.2) is 0 Å². The summed E-state index contributed by atoms with van der Waals surface area (Å²) in [4.78, 5) is 23.2. The molecule has 1 aliphatic heterocycles. The Labute approximate surface area is 104 Å². The molecule has 1 aromatic rings. The standard InChI is InChI=1S/C12H11ClN2O2/c13-9-3-1-8(2-4-9)11(16)7-10-12(17)15-6-5-14-10/h1-4,7,14H,5-6H2,(H,15,17). The summed E-state index contributed by atoms with van der Waals surface area (Å²) >= 11 is 5.73. The minimum atomic E-state index is -0.251. The molecule has 4 nitrogen and oxygen atoms in total. The molecular weight excluding hydrogens is 240 g/mol. The zero-order chi connectivity index (χ0) is 12.3. The van der Waals surface area contributed by atoms with E-state index in [1.165, 1.54) is 6.08 Å². The number of carbonyl (C=O) groups excluding carboxylic acids is 2. The third-order valence-corrected chi connectivity index (χ3v) is 2.63. The summed E-state index contributed by atoms with van der Waals surface area (Å²) in [6, 6.07) is 6.54. The fourth-order valence-electron chi connectivity index (χ4n) is 1.49. The number of nitrogens with one attached hydrogen (secondary N) is 2. The number of hydrogen-bond acceptors (Lipinski definition) is 3. The van der Waals surface area contributed by atoms with Crippen molar-refractivity contribution >= 4 is 23.3 Å². The van der Waals surface area contributed by atoms with E-state index in [1.807, 2.05) is 0 Å². The molecule has 1 saturated heterocycles. The summed E-state index contributed by atoms with van der Waals surface area (Å²) in [6.45, 7) is 1.21. The zero-order valence-electron chi connectivity index (χ0n) is 9.00. The van der Waals surface area contributed by atoms with Crippen molar-refractivity contribution < 1.29 is 9.59 Å². The second kappa shape index (κ2) is 5.01. The maximum absolute atomic E-state index is 11.8. The molecule has 0 unspecified atom stereocenters. The first kappa shape index (κ1) is 11.7. The molecule has 2 rings (SSSR count). The topological polar surface area (TPSA) is 58.2 Å². The van der Waals surface area contributed by atoms with Gasteiger partial charge in [0.1, 0.15) is 5.70 Å². The van der Waals surface area contributed by atoms with Crippen molar-refractivity contribution in [2.24, 2.45) is 0 Å². The van der Waals surface area contributed by atoms with Crippen molar-refractivity contribution in [1.82, 2.24) is 10.6 Å². The average Bonchev–Trinajstić information content (AvgIpc) is 2.33. The fraction of sp³-hybridized carbons (Fsp3) is 0.167. The number of halogens is 1. The van der Waals surface area contributed by atoms with Gasteiger partial charge in [0, 0.05) is 29.8 Å². The average molecular weight is 251 g/mol. The van der Waals surface area contributed by atoms with Crippen molar-refractivity contribution in [2.75, 3.05) is 13.1 Å². The van der Waals surface area contributed by atoms with E-state index in [2.05, 4.69) is 10.6 Å². The molecule has 0 spiro atoms. The maximum atomic E-state index is 11.8. The number of ketones is 1. The molecule has 0 atom stereocenters. The molecular formula is C12H11ClN2O2. The predicted molar refractivity (Wildman–Crippen MR) is 64.9 cm³/mol. The SMILES string of the molecule is O=C1NCCNC1=CC(=O)c1ccc(Cl)cc1.